The minimum atomic E-state index is -0.903. The number of rotatable bonds is 3. The molecule has 0 unspecified atom stereocenters. The number of nitrogens with zero attached hydrogens (tertiary/aromatic N) is 2. The SMILES string of the molecule is O=C=NC1(c2cc(F)c(F)cc2N2CCOCC2)CCCC1. The molecular formula is C16H18F2N2O2. The van der Waals surface area contributed by atoms with Gasteiger partial charge in [-0.2, -0.15) is 4.99 Å². The summed E-state index contributed by atoms with van der Waals surface area (Å²) in [7, 11) is 0. The highest BCUT2D eigenvalue weighted by Crippen LogP contribution is 2.46. The van der Waals surface area contributed by atoms with Gasteiger partial charge in [-0.15, -0.1) is 0 Å². The molecule has 0 radical (unpaired) electrons. The minimum Gasteiger partial charge on any atom is -0.378 e. The molecule has 1 heterocycles. The zero-order chi connectivity index (χ0) is 15.6. The van der Waals surface area contributed by atoms with Crippen LogP contribution in [0, 0.1) is 11.6 Å². The van der Waals surface area contributed by atoms with Gasteiger partial charge in [-0.3, -0.25) is 0 Å². The monoisotopic (exact) mass is 308 g/mol. The average molecular weight is 308 g/mol. The van der Waals surface area contributed by atoms with Crippen LogP contribution in [0.15, 0.2) is 17.1 Å². The van der Waals surface area contributed by atoms with Crippen LogP contribution in [0.4, 0.5) is 14.5 Å². The standard InChI is InChI=1S/C16H18F2N2O2/c17-13-9-12(16(19-11-21)3-1-2-4-16)15(10-14(13)18)20-5-7-22-8-6-20/h9-10H,1-8H2. The Morgan fingerprint density at radius 2 is 1.77 bits per heavy atom. The summed E-state index contributed by atoms with van der Waals surface area (Å²) in [6.45, 7) is 2.31. The third-order valence-electron chi connectivity index (χ3n) is 4.58. The zero-order valence-electron chi connectivity index (χ0n) is 12.3. The fourth-order valence-corrected chi connectivity index (χ4v) is 3.46. The Balaban J connectivity index is 2.12. The molecule has 1 aliphatic heterocycles. The summed E-state index contributed by atoms with van der Waals surface area (Å²) in [6.07, 6.45) is 4.76. The van der Waals surface area contributed by atoms with E-state index >= 15 is 0 Å². The first-order valence-electron chi connectivity index (χ1n) is 7.57. The van der Waals surface area contributed by atoms with Crippen molar-refractivity contribution < 1.29 is 18.3 Å². The predicted molar refractivity (Wildman–Crippen MR) is 77.7 cm³/mol. The van der Waals surface area contributed by atoms with Crippen molar-refractivity contribution in [3.63, 3.8) is 0 Å². The van der Waals surface area contributed by atoms with E-state index in [4.69, 9.17) is 4.74 Å². The Kier molecular flexibility index (Phi) is 4.23. The third-order valence-corrected chi connectivity index (χ3v) is 4.58. The molecule has 118 valence electrons. The minimum absolute atomic E-state index is 0.544. The van der Waals surface area contributed by atoms with E-state index in [0.717, 1.165) is 12.8 Å². The first-order valence-corrected chi connectivity index (χ1v) is 7.57. The number of morpholine rings is 1. The Hall–Kier alpha value is -1.78. The van der Waals surface area contributed by atoms with Crippen molar-refractivity contribution in [1.82, 2.24) is 0 Å². The van der Waals surface area contributed by atoms with Crippen LogP contribution >= 0.6 is 0 Å². The smallest absolute Gasteiger partial charge is 0.235 e. The number of carbonyl (C=O) groups excluding carboxylic acids is 1. The van der Waals surface area contributed by atoms with Crippen molar-refractivity contribution in [3.05, 3.63) is 29.3 Å². The van der Waals surface area contributed by atoms with Gasteiger partial charge >= 0.3 is 0 Å². The van der Waals surface area contributed by atoms with Gasteiger partial charge in [0, 0.05) is 30.4 Å². The molecule has 4 nitrogen and oxygen atoms in total. The maximum Gasteiger partial charge on any atom is 0.235 e. The largest absolute Gasteiger partial charge is 0.378 e. The molecule has 0 aromatic heterocycles. The van der Waals surface area contributed by atoms with Gasteiger partial charge in [-0.05, 0) is 18.9 Å². The summed E-state index contributed by atoms with van der Waals surface area (Å²) in [5, 5.41) is 0. The van der Waals surface area contributed by atoms with E-state index in [1.807, 2.05) is 4.90 Å². The molecule has 2 aliphatic rings. The first-order chi connectivity index (χ1) is 10.7. The van der Waals surface area contributed by atoms with Crippen molar-refractivity contribution in [2.75, 3.05) is 31.2 Å². The summed E-state index contributed by atoms with van der Waals surface area (Å²) in [4.78, 5) is 16.9. The van der Waals surface area contributed by atoms with Gasteiger partial charge in [0.05, 0.1) is 13.2 Å². The quantitative estimate of drug-likeness (QED) is 0.637. The number of isocyanates is 1. The van der Waals surface area contributed by atoms with Gasteiger partial charge in [0.2, 0.25) is 6.08 Å². The molecule has 3 rings (SSSR count). The summed E-state index contributed by atoms with van der Waals surface area (Å²) in [6, 6.07) is 2.42. The fourth-order valence-electron chi connectivity index (χ4n) is 3.46. The zero-order valence-corrected chi connectivity index (χ0v) is 12.3. The Labute approximate surface area is 127 Å². The number of hydrogen-bond acceptors (Lipinski definition) is 4. The summed E-state index contributed by atoms with van der Waals surface area (Å²) < 4.78 is 32.9. The van der Waals surface area contributed by atoms with Crippen LogP contribution < -0.4 is 4.90 Å². The number of benzene rings is 1. The van der Waals surface area contributed by atoms with Crippen molar-refractivity contribution in [2.24, 2.45) is 4.99 Å². The van der Waals surface area contributed by atoms with Crippen LogP contribution in [-0.2, 0) is 15.1 Å². The van der Waals surface area contributed by atoms with Crippen LogP contribution in [0.25, 0.3) is 0 Å². The average Bonchev–Trinajstić information content (AvgIpc) is 3.00. The van der Waals surface area contributed by atoms with Crippen LogP contribution in [0.5, 0.6) is 0 Å². The third kappa shape index (κ3) is 2.64. The second-order valence-electron chi connectivity index (χ2n) is 5.82. The highest BCUT2D eigenvalue weighted by atomic mass is 19.2. The number of hydrogen-bond donors (Lipinski definition) is 0. The van der Waals surface area contributed by atoms with Crippen LogP contribution in [0.2, 0.25) is 0 Å². The van der Waals surface area contributed by atoms with Gasteiger partial charge < -0.3 is 9.64 Å². The molecule has 0 bridgehead atoms. The highest BCUT2D eigenvalue weighted by Gasteiger charge is 2.39. The second-order valence-corrected chi connectivity index (χ2v) is 5.82. The molecule has 0 spiro atoms. The van der Waals surface area contributed by atoms with Gasteiger partial charge in [0.15, 0.2) is 11.6 Å². The van der Waals surface area contributed by atoms with Crippen molar-refractivity contribution in [1.29, 1.82) is 0 Å². The van der Waals surface area contributed by atoms with Gasteiger partial charge in [-0.1, -0.05) is 12.8 Å². The number of anilines is 1. The van der Waals surface area contributed by atoms with Crippen molar-refractivity contribution in [3.8, 4) is 0 Å². The van der Waals surface area contributed by atoms with Gasteiger partial charge in [-0.25, -0.2) is 13.6 Å². The number of halogens is 2. The maximum atomic E-state index is 13.8. The van der Waals surface area contributed by atoms with Crippen molar-refractivity contribution in [2.45, 2.75) is 31.2 Å². The lowest BCUT2D eigenvalue weighted by atomic mass is 9.87. The molecule has 6 heteroatoms. The van der Waals surface area contributed by atoms with Crippen LogP contribution in [0.3, 0.4) is 0 Å². The van der Waals surface area contributed by atoms with Gasteiger partial charge in [0.1, 0.15) is 5.54 Å². The van der Waals surface area contributed by atoms with E-state index in [-0.39, 0.29) is 0 Å². The van der Waals surface area contributed by atoms with Crippen LogP contribution in [-0.4, -0.2) is 32.4 Å². The van der Waals surface area contributed by atoms with Gasteiger partial charge in [0.25, 0.3) is 0 Å². The molecule has 0 N–H and O–H groups in total. The van der Waals surface area contributed by atoms with E-state index in [2.05, 4.69) is 4.99 Å². The van der Waals surface area contributed by atoms with E-state index in [0.29, 0.717) is 50.4 Å². The lowest BCUT2D eigenvalue weighted by Crippen LogP contribution is -2.38. The summed E-state index contributed by atoms with van der Waals surface area (Å²) in [5.74, 6) is -1.78. The predicted octanol–water partition coefficient (Wildman–Crippen LogP) is 2.91. The molecule has 1 saturated heterocycles. The molecule has 2 fully saturated rings. The highest BCUT2D eigenvalue weighted by molar-refractivity contribution is 5.59. The first kappa shape index (κ1) is 15.1. The van der Waals surface area contributed by atoms with Crippen LogP contribution in [0.1, 0.15) is 31.2 Å². The number of ether oxygens (including phenoxy) is 1. The van der Waals surface area contributed by atoms with Crippen molar-refractivity contribution >= 4 is 11.8 Å². The van der Waals surface area contributed by atoms with E-state index in [1.54, 1.807) is 6.08 Å². The number of aliphatic imine (C=N–C) groups is 1. The molecule has 0 atom stereocenters. The maximum absolute atomic E-state index is 13.8. The van der Waals surface area contributed by atoms with E-state index in [9.17, 15) is 13.6 Å². The topological polar surface area (TPSA) is 41.9 Å². The van der Waals surface area contributed by atoms with E-state index in [1.165, 1.54) is 12.1 Å². The molecule has 1 aromatic carbocycles. The normalized spacial score (nSPS) is 20.7. The summed E-state index contributed by atoms with van der Waals surface area (Å²) >= 11 is 0. The van der Waals surface area contributed by atoms with E-state index < -0.39 is 17.2 Å². The second kappa shape index (κ2) is 6.15. The Bertz CT molecular complexity index is 602. The molecule has 1 aliphatic carbocycles. The fraction of sp³-hybridized carbons (Fsp3) is 0.562. The molecule has 1 aromatic rings. The molecule has 22 heavy (non-hydrogen) atoms. The summed E-state index contributed by atoms with van der Waals surface area (Å²) in [5.41, 5.74) is 0.432. The molecule has 0 amide bonds. The lowest BCUT2D eigenvalue weighted by molar-refractivity contribution is 0.122. The molecular weight excluding hydrogens is 290 g/mol. The Morgan fingerprint density at radius 3 is 2.41 bits per heavy atom. The lowest BCUT2D eigenvalue weighted by Gasteiger charge is -2.34. The molecule has 1 saturated carbocycles. The Morgan fingerprint density at radius 1 is 1.14 bits per heavy atom.